The summed E-state index contributed by atoms with van der Waals surface area (Å²) < 4.78 is 0. The SMILES string of the molecule is O=[N+]([O-])c1ccccc1[C@H]1CN1. The standard InChI is InChI=1S/C8H8N2O2/c11-10(12)8-4-2-1-3-6(8)7-5-9-7/h1-4,7,9H,5H2/t7-/m1/s1. The summed E-state index contributed by atoms with van der Waals surface area (Å²) in [4.78, 5) is 10.2. The lowest BCUT2D eigenvalue weighted by molar-refractivity contribution is -0.385. The van der Waals surface area contributed by atoms with Gasteiger partial charge in [-0.25, -0.2) is 0 Å². The van der Waals surface area contributed by atoms with Crippen LogP contribution in [-0.4, -0.2) is 11.5 Å². The Balaban J connectivity index is 2.43. The van der Waals surface area contributed by atoms with E-state index in [0.29, 0.717) is 0 Å². The fraction of sp³-hybridized carbons (Fsp3) is 0.250. The predicted octanol–water partition coefficient (Wildman–Crippen LogP) is 1.24. The molecular formula is C8H8N2O2. The van der Waals surface area contributed by atoms with Crippen molar-refractivity contribution in [3.05, 3.63) is 39.9 Å². The fourth-order valence-electron chi connectivity index (χ4n) is 1.23. The lowest BCUT2D eigenvalue weighted by Gasteiger charge is -1.97. The van der Waals surface area contributed by atoms with Crippen LogP contribution in [0.15, 0.2) is 24.3 Å². The van der Waals surface area contributed by atoms with Crippen LogP contribution in [0.5, 0.6) is 0 Å². The maximum Gasteiger partial charge on any atom is 0.274 e. The second-order valence-corrected chi connectivity index (χ2v) is 2.78. The molecule has 12 heavy (non-hydrogen) atoms. The molecule has 0 radical (unpaired) electrons. The van der Waals surface area contributed by atoms with Gasteiger partial charge in [0, 0.05) is 18.2 Å². The smallest absolute Gasteiger partial charge is 0.274 e. The topological polar surface area (TPSA) is 65.1 Å². The molecule has 1 aromatic carbocycles. The Morgan fingerprint density at radius 3 is 2.75 bits per heavy atom. The molecule has 0 saturated carbocycles. The molecule has 1 aliphatic heterocycles. The molecule has 1 atom stereocenters. The van der Waals surface area contributed by atoms with Gasteiger partial charge in [-0.15, -0.1) is 0 Å². The van der Waals surface area contributed by atoms with Crippen molar-refractivity contribution in [1.29, 1.82) is 0 Å². The third-order valence-corrected chi connectivity index (χ3v) is 1.92. The van der Waals surface area contributed by atoms with Crippen LogP contribution in [0, 0.1) is 10.1 Å². The van der Waals surface area contributed by atoms with Crippen LogP contribution in [0.2, 0.25) is 0 Å². The summed E-state index contributed by atoms with van der Waals surface area (Å²) in [7, 11) is 0. The number of nitro groups is 1. The zero-order chi connectivity index (χ0) is 8.55. The summed E-state index contributed by atoms with van der Waals surface area (Å²) in [6.07, 6.45) is 0. The van der Waals surface area contributed by atoms with Crippen LogP contribution in [0.25, 0.3) is 0 Å². The van der Waals surface area contributed by atoms with E-state index in [-0.39, 0.29) is 16.7 Å². The van der Waals surface area contributed by atoms with Crippen molar-refractivity contribution in [2.24, 2.45) is 0 Å². The summed E-state index contributed by atoms with van der Waals surface area (Å²) in [5.41, 5.74) is 1.01. The number of para-hydroxylation sites is 1. The van der Waals surface area contributed by atoms with Gasteiger partial charge in [0.15, 0.2) is 0 Å². The second kappa shape index (κ2) is 2.57. The van der Waals surface area contributed by atoms with Crippen molar-refractivity contribution in [1.82, 2.24) is 5.32 Å². The molecule has 1 saturated heterocycles. The van der Waals surface area contributed by atoms with Gasteiger partial charge in [0.05, 0.1) is 11.0 Å². The van der Waals surface area contributed by atoms with Gasteiger partial charge < -0.3 is 5.32 Å². The molecule has 4 nitrogen and oxygen atoms in total. The monoisotopic (exact) mass is 164 g/mol. The largest absolute Gasteiger partial charge is 0.307 e. The molecule has 1 aromatic rings. The van der Waals surface area contributed by atoms with E-state index in [4.69, 9.17) is 0 Å². The molecule has 1 aliphatic rings. The van der Waals surface area contributed by atoms with E-state index in [1.165, 1.54) is 6.07 Å². The van der Waals surface area contributed by atoms with Gasteiger partial charge in [-0.3, -0.25) is 10.1 Å². The van der Waals surface area contributed by atoms with E-state index in [0.717, 1.165) is 12.1 Å². The first-order valence-corrected chi connectivity index (χ1v) is 3.76. The Morgan fingerprint density at radius 2 is 2.17 bits per heavy atom. The summed E-state index contributed by atoms with van der Waals surface area (Å²) in [6.45, 7) is 0.852. The minimum atomic E-state index is -0.338. The minimum Gasteiger partial charge on any atom is -0.307 e. The Kier molecular flexibility index (Phi) is 1.55. The van der Waals surface area contributed by atoms with Gasteiger partial charge in [0.1, 0.15) is 0 Å². The number of hydrogen-bond acceptors (Lipinski definition) is 3. The Labute approximate surface area is 69.4 Å². The zero-order valence-corrected chi connectivity index (χ0v) is 6.36. The highest BCUT2D eigenvalue weighted by Gasteiger charge is 2.28. The highest BCUT2D eigenvalue weighted by Crippen LogP contribution is 2.29. The van der Waals surface area contributed by atoms with Crippen LogP contribution in [0.1, 0.15) is 11.6 Å². The summed E-state index contributed by atoms with van der Waals surface area (Å²) >= 11 is 0. The number of rotatable bonds is 2. The van der Waals surface area contributed by atoms with E-state index in [2.05, 4.69) is 5.32 Å². The number of nitro benzene ring substituents is 1. The molecule has 1 heterocycles. The van der Waals surface area contributed by atoms with E-state index >= 15 is 0 Å². The van der Waals surface area contributed by atoms with E-state index in [1.807, 2.05) is 6.07 Å². The highest BCUT2D eigenvalue weighted by atomic mass is 16.6. The Hall–Kier alpha value is -1.42. The van der Waals surface area contributed by atoms with Crippen LogP contribution < -0.4 is 5.32 Å². The van der Waals surface area contributed by atoms with Crippen LogP contribution in [0.3, 0.4) is 0 Å². The second-order valence-electron chi connectivity index (χ2n) is 2.78. The molecule has 1 N–H and O–H groups in total. The summed E-state index contributed by atoms with van der Waals surface area (Å²) in [5.74, 6) is 0. The molecule has 0 aliphatic carbocycles. The van der Waals surface area contributed by atoms with Gasteiger partial charge in [-0.1, -0.05) is 18.2 Å². The zero-order valence-electron chi connectivity index (χ0n) is 6.36. The normalized spacial score (nSPS) is 20.5. The van der Waals surface area contributed by atoms with Gasteiger partial charge in [0.25, 0.3) is 5.69 Å². The molecule has 4 heteroatoms. The lowest BCUT2D eigenvalue weighted by atomic mass is 10.1. The van der Waals surface area contributed by atoms with Crippen molar-refractivity contribution in [2.75, 3.05) is 6.54 Å². The van der Waals surface area contributed by atoms with Crippen molar-refractivity contribution in [2.45, 2.75) is 6.04 Å². The van der Waals surface area contributed by atoms with Crippen molar-refractivity contribution in [3.8, 4) is 0 Å². The van der Waals surface area contributed by atoms with Crippen LogP contribution in [-0.2, 0) is 0 Å². The molecular weight excluding hydrogens is 156 g/mol. The van der Waals surface area contributed by atoms with Crippen molar-refractivity contribution >= 4 is 5.69 Å². The fourth-order valence-corrected chi connectivity index (χ4v) is 1.23. The molecule has 0 bridgehead atoms. The Morgan fingerprint density at radius 1 is 1.50 bits per heavy atom. The summed E-state index contributed by atoms with van der Waals surface area (Å²) in [5, 5.41) is 13.6. The molecule has 2 rings (SSSR count). The molecule has 1 fully saturated rings. The summed E-state index contributed by atoms with van der Waals surface area (Å²) in [6, 6.07) is 7.04. The van der Waals surface area contributed by atoms with Gasteiger partial charge >= 0.3 is 0 Å². The van der Waals surface area contributed by atoms with Crippen LogP contribution >= 0.6 is 0 Å². The third-order valence-electron chi connectivity index (χ3n) is 1.92. The molecule has 0 spiro atoms. The number of nitrogens with one attached hydrogen (secondary N) is 1. The number of hydrogen-bond donors (Lipinski definition) is 1. The number of nitrogens with zero attached hydrogens (tertiary/aromatic N) is 1. The quantitative estimate of drug-likeness (QED) is 0.406. The van der Waals surface area contributed by atoms with Gasteiger partial charge in [-0.2, -0.15) is 0 Å². The van der Waals surface area contributed by atoms with E-state index in [1.54, 1.807) is 12.1 Å². The average Bonchev–Trinajstić information content (AvgIpc) is 2.87. The first-order valence-electron chi connectivity index (χ1n) is 3.76. The van der Waals surface area contributed by atoms with Crippen molar-refractivity contribution in [3.63, 3.8) is 0 Å². The van der Waals surface area contributed by atoms with Crippen molar-refractivity contribution < 1.29 is 4.92 Å². The average molecular weight is 164 g/mol. The third kappa shape index (κ3) is 1.16. The Bertz CT molecular complexity index is 321. The molecule has 0 unspecified atom stereocenters. The van der Waals surface area contributed by atoms with E-state index in [9.17, 15) is 10.1 Å². The van der Waals surface area contributed by atoms with E-state index < -0.39 is 0 Å². The molecule has 0 amide bonds. The maximum atomic E-state index is 10.5. The lowest BCUT2D eigenvalue weighted by Crippen LogP contribution is -1.94. The van der Waals surface area contributed by atoms with Gasteiger partial charge in [-0.05, 0) is 0 Å². The first-order chi connectivity index (χ1) is 5.79. The predicted molar refractivity (Wildman–Crippen MR) is 43.8 cm³/mol. The highest BCUT2D eigenvalue weighted by molar-refractivity contribution is 5.43. The van der Waals surface area contributed by atoms with Gasteiger partial charge in [0.2, 0.25) is 0 Å². The maximum absolute atomic E-state index is 10.5. The minimum absolute atomic E-state index is 0.201. The first kappa shape index (κ1) is 7.24. The number of benzene rings is 1. The molecule has 62 valence electrons. The van der Waals surface area contributed by atoms with Crippen LogP contribution in [0.4, 0.5) is 5.69 Å². The molecule has 0 aromatic heterocycles.